The van der Waals surface area contributed by atoms with Crippen LogP contribution in [0.25, 0.3) is 0 Å². The molecule has 120 valence electrons. The largest absolute Gasteiger partial charge is 0.338 e. The molecule has 22 heavy (non-hydrogen) atoms. The number of hydrogen-bond acceptors (Lipinski definition) is 2. The Morgan fingerprint density at radius 3 is 2.14 bits per heavy atom. The number of halogens is 3. The molecule has 1 amide bonds. The Hall–Kier alpha value is -1.01. The van der Waals surface area contributed by atoms with Crippen molar-refractivity contribution in [3.8, 4) is 0 Å². The van der Waals surface area contributed by atoms with Crippen LogP contribution in [0.2, 0.25) is 0 Å². The Morgan fingerprint density at radius 1 is 1.05 bits per heavy atom. The Kier molecular flexibility index (Phi) is 4.78. The molecule has 3 rings (SSSR count). The number of nitrogens with zero attached hydrogens (tertiary/aromatic N) is 2. The molecule has 0 aromatic heterocycles. The number of carbonyl (C=O) groups is 1. The fourth-order valence-corrected chi connectivity index (χ4v) is 3.85. The van der Waals surface area contributed by atoms with Crippen molar-refractivity contribution in [1.82, 2.24) is 9.80 Å². The summed E-state index contributed by atoms with van der Waals surface area (Å²) in [7, 11) is 0. The van der Waals surface area contributed by atoms with Gasteiger partial charge >= 0.3 is 0 Å². The van der Waals surface area contributed by atoms with E-state index in [1.807, 2.05) is 0 Å². The van der Waals surface area contributed by atoms with Gasteiger partial charge in [-0.15, -0.1) is 0 Å². The summed E-state index contributed by atoms with van der Waals surface area (Å²) in [6.07, 6.45) is 4.25. The van der Waals surface area contributed by atoms with Crippen LogP contribution in [0.15, 0.2) is 16.6 Å². The van der Waals surface area contributed by atoms with Gasteiger partial charge in [0.1, 0.15) is 17.2 Å². The van der Waals surface area contributed by atoms with Crippen molar-refractivity contribution >= 4 is 21.8 Å². The third-order valence-electron chi connectivity index (χ3n) is 4.63. The second kappa shape index (κ2) is 6.62. The molecule has 0 spiro atoms. The molecule has 1 aromatic carbocycles. The van der Waals surface area contributed by atoms with Crippen molar-refractivity contribution in [2.24, 2.45) is 0 Å². The average Bonchev–Trinajstić information content (AvgIpc) is 3.00. The first-order chi connectivity index (χ1) is 10.6. The highest BCUT2D eigenvalue weighted by molar-refractivity contribution is 9.10. The van der Waals surface area contributed by atoms with Gasteiger partial charge in [-0.3, -0.25) is 4.79 Å². The zero-order valence-electron chi connectivity index (χ0n) is 12.3. The van der Waals surface area contributed by atoms with Crippen molar-refractivity contribution in [1.29, 1.82) is 0 Å². The fraction of sp³-hybridized carbons (Fsp3) is 0.562. The highest BCUT2D eigenvalue weighted by atomic mass is 79.9. The number of carbonyl (C=O) groups excluding carboxylic acids is 1. The molecule has 0 saturated carbocycles. The van der Waals surface area contributed by atoms with E-state index in [4.69, 9.17) is 0 Å². The lowest BCUT2D eigenvalue weighted by molar-refractivity contribution is 0.0635. The van der Waals surface area contributed by atoms with E-state index in [-0.39, 0.29) is 0 Å². The smallest absolute Gasteiger partial charge is 0.259 e. The Labute approximate surface area is 137 Å². The van der Waals surface area contributed by atoms with Gasteiger partial charge in [-0.2, -0.15) is 0 Å². The van der Waals surface area contributed by atoms with Gasteiger partial charge in [0, 0.05) is 23.6 Å². The molecule has 2 saturated heterocycles. The summed E-state index contributed by atoms with van der Waals surface area (Å²) >= 11 is 3.03. The van der Waals surface area contributed by atoms with E-state index in [9.17, 15) is 13.6 Å². The number of piperidine rings is 1. The molecular formula is C16H19BrF2N2O. The van der Waals surface area contributed by atoms with E-state index >= 15 is 0 Å². The Balaban J connectivity index is 1.67. The number of hydrogen-bond donors (Lipinski definition) is 0. The number of amides is 1. The molecule has 1 aromatic rings. The molecule has 0 atom stereocenters. The van der Waals surface area contributed by atoms with Crippen molar-refractivity contribution in [3.63, 3.8) is 0 Å². The van der Waals surface area contributed by atoms with Gasteiger partial charge in [-0.1, -0.05) is 15.9 Å². The molecule has 0 N–H and O–H groups in total. The first kappa shape index (κ1) is 15.9. The Morgan fingerprint density at radius 2 is 1.59 bits per heavy atom. The van der Waals surface area contributed by atoms with E-state index in [0.717, 1.165) is 38.1 Å². The van der Waals surface area contributed by atoms with Crippen LogP contribution in [0, 0.1) is 11.6 Å². The average molecular weight is 373 g/mol. The van der Waals surface area contributed by atoms with Crippen LogP contribution >= 0.6 is 15.9 Å². The van der Waals surface area contributed by atoms with Crippen LogP contribution in [0.3, 0.4) is 0 Å². The minimum atomic E-state index is -0.807. The van der Waals surface area contributed by atoms with Crippen molar-refractivity contribution < 1.29 is 13.6 Å². The third-order valence-corrected chi connectivity index (χ3v) is 5.09. The molecule has 0 bridgehead atoms. The molecule has 2 aliphatic rings. The maximum absolute atomic E-state index is 13.9. The second-order valence-corrected chi connectivity index (χ2v) is 6.93. The second-order valence-electron chi connectivity index (χ2n) is 6.01. The molecule has 2 heterocycles. The van der Waals surface area contributed by atoms with Gasteiger partial charge in [-0.05, 0) is 50.9 Å². The zero-order chi connectivity index (χ0) is 15.7. The number of likely N-dealkylation sites (tertiary alicyclic amines) is 2. The summed E-state index contributed by atoms with van der Waals surface area (Å²) in [5, 5.41) is 0. The molecule has 0 unspecified atom stereocenters. The van der Waals surface area contributed by atoms with Crippen LogP contribution in [0.5, 0.6) is 0 Å². The number of benzene rings is 1. The maximum atomic E-state index is 13.9. The third kappa shape index (κ3) is 3.18. The lowest BCUT2D eigenvalue weighted by Gasteiger charge is -2.36. The van der Waals surface area contributed by atoms with Gasteiger partial charge in [0.05, 0.1) is 0 Å². The van der Waals surface area contributed by atoms with Crippen molar-refractivity contribution in [2.45, 2.75) is 31.7 Å². The molecule has 0 aliphatic carbocycles. The summed E-state index contributed by atoms with van der Waals surface area (Å²) in [6.45, 7) is 3.40. The van der Waals surface area contributed by atoms with E-state index < -0.39 is 23.1 Å². The quantitative estimate of drug-likeness (QED) is 0.793. The van der Waals surface area contributed by atoms with Crippen LogP contribution in [-0.4, -0.2) is 47.9 Å². The lowest BCUT2D eigenvalue weighted by Crippen LogP contribution is -2.46. The van der Waals surface area contributed by atoms with E-state index in [1.165, 1.54) is 12.8 Å². The van der Waals surface area contributed by atoms with Crippen LogP contribution in [-0.2, 0) is 0 Å². The first-order valence-electron chi connectivity index (χ1n) is 7.74. The monoisotopic (exact) mass is 372 g/mol. The van der Waals surface area contributed by atoms with Gasteiger partial charge in [-0.25, -0.2) is 8.78 Å². The van der Waals surface area contributed by atoms with Crippen LogP contribution < -0.4 is 0 Å². The first-order valence-corrected chi connectivity index (χ1v) is 8.53. The van der Waals surface area contributed by atoms with E-state index in [0.29, 0.717) is 23.6 Å². The molecule has 2 aliphatic heterocycles. The minimum absolute atomic E-state index is 0.298. The van der Waals surface area contributed by atoms with Gasteiger partial charge in [0.25, 0.3) is 5.91 Å². The topological polar surface area (TPSA) is 23.6 Å². The highest BCUT2D eigenvalue weighted by Gasteiger charge is 2.30. The Bertz CT molecular complexity index is 544. The minimum Gasteiger partial charge on any atom is -0.338 e. The van der Waals surface area contributed by atoms with Gasteiger partial charge < -0.3 is 9.80 Å². The van der Waals surface area contributed by atoms with Crippen molar-refractivity contribution in [3.05, 3.63) is 33.8 Å². The SMILES string of the molecule is O=C(c1c(F)cc(Br)cc1F)N1CCC(N2CCCC2)CC1. The van der Waals surface area contributed by atoms with E-state index in [2.05, 4.69) is 20.8 Å². The molecule has 0 radical (unpaired) electrons. The molecule has 6 heteroatoms. The zero-order valence-corrected chi connectivity index (χ0v) is 13.9. The normalized spacial score (nSPS) is 20.6. The summed E-state index contributed by atoms with van der Waals surface area (Å²) < 4.78 is 28.1. The molecular weight excluding hydrogens is 354 g/mol. The molecule has 2 fully saturated rings. The van der Waals surface area contributed by atoms with E-state index in [1.54, 1.807) is 4.90 Å². The highest BCUT2D eigenvalue weighted by Crippen LogP contribution is 2.25. The maximum Gasteiger partial charge on any atom is 0.259 e. The predicted octanol–water partition coefficient (Wildman–Crippen LogP) is 3.43. The van der Waals surface area contributed by atoms with Crippen LogP contribution in [0.4, 0.5) is 8.78 Å². The summed E-state index contributed by atoms with van der Waals surface area (Å²) in [4.78, 5) is 16.4. The molecule has 3 nitrogen and oxygen atoms in total. The summed E-state index contributed by atoms with van der Waals surface area (Å²) in [6, 6.07) is 2.77. The summed E-state index contributed by atoms with van der Waals surface area (Å²) in [5.74, 6) is -2.15. The standard InChI is InChI=1S/C16H19BrF2N2O/c17-11-9-13(18)15(14(19)10-11)16(22)21-7-3-12(4-8-21)20-5-1-2-6-20/h9-10,12H,1-8H2. The van der Waals surface area contributed by atoms with Crippen molar-refractivity contribution in [2.75, 3.05) is 26.2 Å². The van der Waals surface area contributed by atoms with Gasteiger partial charge in [0.2, 0.25) is 0 Å². The lowest BCUT2D eigenvalue weighted by atomic mass is 10.0. The predicted molar refractivity (Wildman–Crippen MR) is 83.8 cm³/mol. The summed E-state index contributed by atoms with van der Waals surface area (Å²) in [5.41, 5.74) is -0.442. The van der Waals surface area contributed by atoms with Crippen LogP contribution in [0.1, 0.15) is 36.0 Å². The number of rotatable bonds is 2. The fourth-order valence-electron chi connectivity index (χ4n) is 3.45. The van der Waals surface area contributed by atoms with Gasteiger partial charge in [0.15, 0.2) is 0 Å².